The zero-order valence-electron chi connectivity index (χ0n) is 23.6. The number of halogens is 1. The summed E-state index contributed by atoms with van der Waals surface area (Å²) in [4.78, 5) is 40.1. The van der Waals surface area contributed by atoms with Crippen molar-refractivity contribution >= 4 is 46.9 Å². The highest BCUT2D eigenvalue weighted by Crippen LogP contribution is 2.29. The molecule has 0 bridgehead atoms. The van der Waals surface area contributed by atoms with E-state index < -0.39 is 17.6 Å². The molecule has 1 unspecified atom stereocenters. The Balaban J connectivity index is 1.50. The Morgan fingerprint density at radius 3 is 2.29 bits per heavy atom. The zero-order chi connectivity index (χ0) is 30.1. The molecule has 0 saturated carbocycles. The third-order valence-electron chi connectivity index (χ3n) is 6.61. The minimum atomic E-state index is -0.550. The van der Waals surface area contributed by atoms with Crippen molar-refractivity contribution in [3.63, 3.8) is 0 Å². The van der Waals surface area contributed by atoms with Gasteiger partial charge in [0, 0.05) is 21.8 Å². The number of benzene rings is 4. The van der Waals surface area contributed by atoms with Gasteiger partial charge in [0.05, 0.1) is 5.25 Å². The summed E-state index contributed by atoms with van der Waals surface area (Å²) >= 11 is 1.40. The van der Waals surface area contributed by atoms with Crippen LogP contribution in [0.3, 0.4) is 0 Å². The van der Waals surface area contributed by atoms with Crippen LogP contribution in [0, 0.1) is 19.7 Å². The Kier molecular flexibility index (Phi) is 10.3. The lowest BCUT2D eigenvalue weighted by molar-refractivity contribution is -0.116. The lowest BCUT2D eigenvalue weighted by atomic mass is 10.1. The van der Waals surface area contributed by atoms with Gasteiger partial charge in [0.2, 0.25) is 5.91 Å². The average molecular weight is 582 g/mol. The molecule has 0 aliphatic carbocycles. The summed E-state index contributed by atoms with van der Waals surface area (Å²) in [5.74, 6) is -1.51. The Hall–Kier alpha value is -4.69. The van der Waals surface area contributed by atoms with Crippen molar-refractivity contribution in [2.45, 2.75) is 37.3 Å². The van der Waals surface area contributed by atoms with Crippen LogP contribution in [0.15, 0.2) is 108 Å². The van der Waals surface area contributed by atoms with E-state index in [0.717, 1.165) is 21.7 Å². The van der Waals surface area contributed by atoms with Gasteiger partial charge in [0.1, 0.15) is 11.5 Å². The first kappa shape index (κ1) is 30.3. The normalized spacial score (nSPS) is 11.9. The first-order chi connectivity index (χ1) is 20.2. The molecule has 4 aromatic carbocycles. The fourth-order valence-corrected chi connectivity index (χ4v) is 5.11. The molecule has 6 nitrogen and oxygen atoms in total. The van der Waals surface area contributed by atoms with Crippen molar-refractivity contribution in [2.75, 3.05) is 10.6 Å². The number of thioether (sulfide) groups is 1. The number of aryl methyl sites for hydroxylation is 1. The van der Waals surface area contributed by atoms with E-state index in [9.17, 15) is 18.8 Å². The minimum Gasteiger partial charge on any atom is -0.325 e. The lowest BCUT2D eigenvalue weighted by Crippen LogP contribution is -2.30. The van der Waals surface area contributed by atoms with Crippen LogP contribution in [0.5, 0.6) is 0 Å². The third-order valence-corrected chi connectivity index (χ3v) is 7.96. The number of hydrogen-bond acceptors (Lipinski definition) is 4. The van der Waals surface area contributed by atoms with E-state index in [1.165, 1.54) is 42.1 Å². The molecule has 0 radical (unpaired) electrons. The van der Waals surface area contributed by atoms with Crippen LogP contribution in [0.25, 0.3) is 6.08 Å². The first-order valence-corrected chi connectivity index (χ1v) is 14.4. The Morgan fingerprint density at radius 2 is 1.57 bits per heavy atom. The zero-order valence-corrected chi connectivity index (χ0v) is 24.4. The van der Waals surface area contributed by atoms with E-state index in [1.54, 1.807) is 48.5 Å². The fraction of sp³-hybridized carbons (Fsp3) is 0.147. The molecule has 8 heteroatoms. The quantitative estimate of drug-likeness (QED) is 0.135. The molecule has 1 atom stereocenters. The fourth-order valence-electron chi connectivity index (χ4n) is 4.10. The van der Waals surface area contributed by atoms with Crippen molar-refractivity contribution in [1.82, 2.24) is 5.32 Å². The summed E-state index contributed by atoms with van der Waals surface area (Å²) in [6, 6.07) is 27.1. The number of rotatable bonds is 10. The number of nitrogens with one attached hydrogen (secondary N) is 3. The summed E-state index contributed by atoms with van der Waals surface area (Å²) < 4.78 is 13.5. The van der Waals surface area contributed by atoms with Crippen LogP contribution < -0.4 is 16.0 Å². The van der Waals surface area contributed by atoms with Gasteiger partial charge >= 0.3 is 0 Å². The standard InChI is InChI=1S/C34H32FN3O3S/c1-4-31(34(41)37-29-15-8-10-22(2)23(29)3)42-28-14-9-13-27(21-28)36-33(40)30(20-24-16-18-26(35)19-17-24)38-32(39)25-11-6-5-7-12-25/h5-21,31H,4H2,1-3H3,(H,36,40)(H,37,41)(H,38,39)/b30-20+. The van der Waals surface area contributed by atoms with Crippen LogP contribution in [-0.4, -0.2) is 23.0 Å². The SMILES string of the molecule is CCC(Sc1cccc(NC(=O)/C(=C\c2ccc(F)cc2)NC(=O)c2ccccc2)c1)C(=O)Nc1cccc(C)c1C. The average Bonchev–Trinajstić information content (AvgIpc) is 2.99. The molecule has 0 heterocycles. The van der Waals surface area contributed by atoms with Gasteiger partial charge in [-0.3, -0.25) is 14.4 Å². The molecule has 42 heavy (non-hydrogen) atoms. The number of carbonyl (C=O) groups excluding carboxylic acids is 3. The highest BCUT2D eigenvalue weighted by atomic mass is 32.2. The molecule has 0 aliphatic heterocycles. The van der Waals surface area contributed by atoms with Gasteiger partial charge in [-0.25, -0.2) is 4.39 Å². The van der Waals surface area contributed by atoms with E-state index in [-0.39, 0.29) is 16.9 Å². The second-order valence-corrected chi connectivity index (χ2v) is 10.9. The topological polar surface area (TPSA) is 87.3 Å². The summed E-state index contributed by atoms with van der Waals surface area (Å²) in [6.07, 6.45) is 2.09. The van der Waals surface area contributed by atoms with E-state index >= 15 is 0 Å². The summed E-state index contributed by atoms with van der Waals surface area (Å²) in [5, 5.41) is 8.20. The van der Waals surface area contributed by atoms with Crippen molar-refractivity contribution in [3.8, 4) is 0 Å². The Bertz CT molecular complexity index is 1600. The van der Waals surface area contributed by atoms with Gasteiger partial charge in [-0.05, 0) is 91.6 Å². The van der Waals surface area contributed by atoms with Gasteiger partial charge in [0.25, 0.3) is 11.8 Å². The second kappa shape index (κ2) is 14.3. The van der Waals surface area contributed by atoms with Crippen molar-refractivity contribution in [2.24, 2.45) is 0 Å². The van der Waals surface area contributed by atoms with E-state index in [1.807, 2.05) is 45.0 Å². The van der Waals surface area contributed by atoms with Gasteiger partial charge in [-0.2, -0.15) is 0 Å². The molecule has 0 aliphatic rings. The van der Waals surface area contributed by atoms with Crippen molar-refractivity contribution < 1.29 is 18.8 Å². The largest absolute Gasteiger partial charge is 0.325 e. The predicted molar refractivity (Wildman–Crippen MR) is 168 cm³/mol. The lowest BCUT2D eigenvalue weighted by Gasteiger charge is -2.17. The number of anilines is 2. The maximum absolute atomic E-state index is 13.5. The van der Waals surface area contributed by atoms with Crippen LogP contribution in [0.4, 0.5) is 15.8 Å². The van der Waals surface area contributed by atoms with Crippen LogP contribution >= 0.6 is 11.8 Å². The van der Waals surface area contributed by atoms with Crippen molar-refractivity contribution in [3.05, 3.63) is 131 Å². The maximum atomic E-state index is 13.5. The molecule has 4 rings (SSSR count). The molecular weight excluding hydrogens is 549 g/mol. The maximum Gasteiger partial charge on any atom is 0.272 e. The summed E-state index contributed by atoms with van der Waals surface area (Å²) in [7, 11) is 0. The molecule has 0 spiro atoms. The van der Waals surface area contributed by atoms with Crippen LogP contribution in [0.1, 0.15) is 40.4 Å². The number of amides is 3. The monoisotopic (exact) mass is 581 g/mol. The third kappa shape index (κ3) is 8.17. The highest BCUT2D eigenvalue weighted by molar-refractivity contribution is 8.00. The van der Waals surface area contributed by atoms with Crippen LogP contribution in [0.2, 0.25) is 0 Å². The molecule has 3 amide bonds. The van der Waals surface area contributed by atoms with Crippen LogP contribution in [-0.2, 0) is 9.59 Å². The summed E-state index contributed by atoms with van der Waals surface area (Å²) in [5.41, 5.74) is 4.34. The Labute approximate surface area is 249 Å². The molecule has 4 aromatic rings. The Morgan fingerprint density at radius 1 is 0.857 bits per heavy atom. The minimum absolute atomic E-state index is 0.00662. The van der Waals surface area contributed by atoms with Gasteiger partial charge in [0.15, 0.2) is 0 Å². The van der Waals surface area contributed by atoms with E-state index in [4.69, 9.17) is 0 Å². The van der Waals surface area contributed by atoms with Gasteiger partial charge < -0.3 is 16.0 Å². The highest BCUT2D eigenvalue weighted by Gasteiger charge is 2.20. The predicted octanol–water partition coefficient (Wildman–Crippen LogP) is 7.36. The number of hydrogen-bond donors (Lipinski definition) is 3. The molecule has 0 aromatic heterocycles. The molecule has 3 N–H and O–H groups in total. The molecule has 0 saturated heterocycles. The van der Waals surface area contributed by atoms with Gasteiger partial charge in [-0.15, -0.1) is 11.8 Å². The van der Waals surface area contributed by atoms with Gasteiger partial charge in [-0.1, -0.05) is 55.5 Å². The molecule has 0 fully saturated rings. The van der Waals surface area contributed by atoms with Crippen molar-refractivity contribution in [1.29, 1.82) is 0 Å². The number of carbonyl (C=O) groups is 3. The smallest absolute Gasteiger partial charge is 0.272 e. The molecule has 214 valence electrons. The molecular formula is C34H32FN3O3S. The van der Waals surface area contributed by atoms with E-state index in [0.29, 0.717) is 23.2 Å². The summed E-state index contributed by atoms with van der Waals surface area (Å²) in [6.45, 7) is 5.93. The second-order valence-electron chi connectivity index (χ2n) is 9.66. The first-order valence-electron chi connectivity index (χ1n) is 13.5. The van der Waals surface area contributed by atoms with E-state index in [2.05, 4.69) is 16.0 Å².